The van der Waals surface area contributed by atoms with Gasteiger partial charge in [0.15, 0.2) is 17.1 Å². The molecule has 0 amide bonds. The normalized spacial score (nSPS) is 11.0. The molecular weight excluding hydrogens is 428 g/mol. The number of imidazole rings is 1. The van der Waals surface area contributed by atoms with Gasteiger partial charge in [-0.3, -0.25) is 4.40 Å². The zero-order valence-corrected chi connectivity index (χ0v) is 19.3. The zero-order chi connectivity index (χ0) is 23.7. The number of nitriles is 1. The predicted octanol–water partition coefficient (Wildman–Crippen LogP) is 5.48. The molecule has 7 nitrogen and oxygen atoms in total. The summed E-state index contributed by atoms with van der Waals surface area (Å²) in [5, 5.41) is 9.86. The van der Waals surface area contributed by atoms with Crippen LogP contribution in [0.2, 0.25) is 0 Å². The molecular formula is C27H24N4O3. The molecule has 0 aliphatic carbocycles. The Kier molecular flexibility index (Phi) is 5.56. The van der Waals surface area contributed by atoms with E-state index in [1.54, 1.807) is 20.5 Å². The maximum absolute atomic E-state index is 9.86. The number of para-hydroxylation sites is 2. The number of anilines is 1. The minimum atomic E-state index is 0.536. The molecule has 0 radical (unpaired) electrons. The first kappa shape index (κ1) is 21.4. The smallest absolute Gasteiger partial charge is 0.161 e. The van der Waals surface area contributed by atoms with E-state index in [0.717, 1.165) is 33.7 Å². The van der Waals surface area contributed by atoms with Crippen LogP contribution < -0.4 is 14.4 Å². The van der Waals surface area contributed by atoms with Gasteiger partial charge in [0.2, 0.25) is 0 Å². The van der Waals surface area contributed by atoms with Gasteiger partial charge in [-0.25, -0.2) is 4.98 Å². The number of hydrogen-bond acceptors (Lipinski definition) is 6. The van der Waals surface area contributed by atoms with Crippen LogP contribution in [-0.4, -0.2) is 23.6 Å². The molecule has 0 N–H and O–H groups in total. The van der Waals surface area contributed by atoms with Gasteiger partial charge >= 0.3 is 0 Å². The van der Waals surface area contributed by atoms with Crippen molar-refractivity contribution in [1.29, 1.82) is 5.26 Å². The molecule has 0 aliphatic rings. The van der Waals surface area contributed by atoms with E-state index in [1.807, 2.05) is 67.6 Å². The number of methoxy groups -OCH3 is 2. The van der Waals surface area contributed by atoms with Crippen LogP contribution in [0.25, 0.3) is 16.7 Å². The van der Waals surface area contributed by atoms with Crippen LogP contribution in [0.3, 0.4) is 0 Å². The largest absolute Gasteiger partial charge is 0.493 e. The van der Waals surface area contributed by atoms with E-state index in [9.17, 15) is 5.26 Å². The molecule has 7 heteroatoms. The summed E-state index contributed by atoms with van der Waals surface area (Å²) in [6, 6.07) is 22.1. The fourth-order valence-corrected chi connectivity index (χ4v) is 4.31. The van der Waals surface area contributed by atoms with Crippen LogP contribution in [0, 0.1) is 18.3 Å². The Labute approximate surface area is 197 Å². The van der Waals surface area contributed by atoms with Gasteiger partial charge in [0.25, 0.3) is 0 Å². The van der Waals surface area contributed by atoms with E-state index >= 15 is 0 Å². The van der Waals surface area contributed by atoms with E-state index in [4.69, 9.17) is 18.9 Å². The minimum Gasteiger partial charge on any atom is -0.493 e. The zero-order valence-electron chi connectivity index (χ0n) is 19.3. The lowest BCUT2D eigenvalue weighted by Crippen LogP contribution is -2.24. The van der Waals surface area contributed by atoms with Crippen LogP contribution in [-0.2, 0) is 13.1 Å². The fraction of sp³-hybridized carbons (Fsp3) is 0.185. The van der Waals surface area contributed by atoms with Crippen molar-refractivity contribution in [2.75, 3.05) is 19.1 Å². The average molecular weight is 453 g/mol. The van der Waals surface area contributed by atoms with Crippen LogP contribution >= 0.6 is 0 Å². The third-order valence-corrected chi connectivity index (χ3v) is 5.94. The fourth-order valence-electron chi connectivity index (χ4n) is 4.31. The van der Waals surface area contributed by atoms with Crippen molar-refractivity contribution in [3.05, 3.63) is 89.4 Å². The second-order valence-electron chi connectivity index (χ2n) is 8.06. The van der Waals surface area contributed by atoms with Crippen LogP contribution in [0.5, 0.6) is 11.5 Å². The van der Waals surface area contributed by atoms with Gasteiger partial charge in [0.1, 0.15) is 17.6 Å². The van der Waals surface area contributed by atoms with Crippen LogP contribution in [0.15, 0.2) is 71.3 Å². The molecule has 0 saturated carbocycles. The highest BCUT2D eigenvalue weighted by atomic mass is 16.5. The Balaban J connectivity index is 1.70. The number of ether oxygens (including phenoxy) is 2. The highest BCUT2D eigenvalue weighted by molar-refractivity contribution is 5.85. The number of aromatic nitrogens is 2. The summed E-state index contributed by atoms with van der Waals surface area (Å²) in [4.78, 5) is 7.02. The van der Waals surface area contributed by atoms with E-state index < -0.39 is 0 Å². The number of hydrogen-bond donors (Lipinski definition) is 0. The highest BCUT2D eigenvalue weighted by Gasteiger charge is 2.20. The molecule has 0 unspecified atom stereocenters. The minimum absolute atomic E-state index is 0.536. The molecule has 3 aromatic heterocycles. The Morgan fingerprint density at radius 2 is 1.82 bits per heavy atom. The second-order valence-corrected chi connectivity index (χ2v) is 8.06. The summed E-state index contributed by atoms with van der Waals surface area (Å²) < 4.78 is 18.7. The lowest BCUT2D eigenvalue weighted by molar-refractivity contribution is 0.354. The molecule has 0 saturated heterocycles. The summed E-state index contributed by atoms with van der Waals surface area (Å²) in [7, 11) is 3.26. The molecule has 3 heterocycles. The number of fused-ring (bicyclic) bond motifs is 3. The van der Waals surface area contributed by atoms with Gasteiger partial charge in [-0.1, -0.05) is 18.2 Å². The first-order valence-corrected chi connectivity index (χ1v) is 10.9. The third-order valence-electron chi connectivity index (χ3n) is 5.94. The Morgan fingerprint density at radius 1 is 1.00 bits per heavy atom. The molecule has 0 bridgehead atoms. The van der Waals surface area contributed by atoms with Crippen molar-refractivity contribution in [2.24, 2.45) is 0 Å². The molecule has 5 rings (SSSR count). The number of aryl methyl sites for hydroxylation is 1. The van der Waals surface area contributed by atoms with Crippen LogP contribution in [0.4, 0.5) is 5.82 Å². The van der Waals surface area contributed by atoms with Gasteiger partial charge < -0.3 is 18.8 Å². The summed E-state index contributed by atoms with van der Waals surface area (Å²) in [6.07, 6.45) is 1.68. The second kappa shape index (κ2) is 8.83. The first-order valence-electron chi connectivity index (χ1n) is 10.9. The maximum Gasteiger partial charge on any atom is 0.161 e. The van der Waals surface area contributed by atoms with Gasteiger partial charge in [-0.05, 0) is 60.5 Å². The maximum atomic E-state index is 9.86. The number of nitrogens with zero attached hydrogens (tertiary/aromatic N) is 4. The van der Waals surface area contributed by atoms with E-state index in [-0.39, 0.29) is 0 Å². The monoisotopic (exact) mass is 452 g/mol. The molecule has 0 spiro atoms. The molecule has 5 aromatic rings. The summed E-state index contributed by atoms with van der Waals surface area (Å²) >= 11 is 0. The Bertz CT molecular complexity index is 1510. The lowest BCUT2D eigenvalue weighted by Gasteiger charge is -2.26. The summed E-state index contributed by atoms with van der Waals surface area (Å²) in [5.41, 5.74) is 4.93. The summed E-state index contributed by atoms with van der Waals surface area (Å²) in [6.45, 7) is 3.06. The van der Waals surface area contributed by atoms with E-state index in [2.05, 4.69) is 15.4 Å². The Morgan fingerprint density at radius 3 is 2.56 bits per heavy atom. The third kappa shape index (κ3) is 3.69. The van der Waals surface area contributed by atoms with Crippen molar-refractivity contribution < 1.29 is 13.9 Å². The van der Waals surface area contributed by atoms with E-state index in [1.165, 1.54) is 0 Å². The number of furan rings is 1. The van der Waals surface area contributed by atoms with E-state index in [0.29, 0.717) is 35.8 Å². The van der Waals surface area contributed by atoms with Crippen molar-refractivity contribution in [3.63, 3.8) is 0 Å². The average Bonchev–Trinajstić information content (AvgIpc) is 3.51. The van der Waals surface area contributed by atoms with Crippen LogP contribution in [0.1, 0.15) is 22.5 Å². The molecule has 2 aromatic carbocycles. The molecule has 34 heavy (non-hydrogen) atoms. The van der Waals surface area contributed by atoms with Gasteiger partial charge in [0.05, 0.1) is 43.6 Å². The number of rotatable bonds is 7. The van der Waals surface area contributed by atoms with Crippen molar-refractivity contribution in [3.8, 4) is 17.6 Å². The molecule has 0 atom stereocenters. The molecule has 0 aliphatic heterocycles. The first-order chi connectivity index (χ1) is 16.6. The topological polar surface area (TPSA) is 75.9 Å². The Hall–Kier alpha value is -4.44. The van der Waals surface area contributed by atoms with Crippen molar-refractivity contribution >= 4 is 22.5 Å². The van der Waals surface area contributed by atoms with Crippen molar-refractivity contribution in [1.82, 2.24) is 9.38 Å². The number of pyridine rings is 1. The lowest BCUT2D eigenvalue weighted by atomic mass is 10.1. The standard InChI is InChI=1S/C27H24N4O3/c1-18-13-26(31-23-9-5-4-8-22(23)29-27(31)21(18)15-28)30(17-20-7-6-12-34-20)16-19-10-11-24(32-2)25(14-19)33-3/h4-14H,16-17H2,1-3H3. The highest BCUT2D eigenvalue weighted by Crippen LogP contribution is 2.32. The molecule has 0 fully saturated rings. The quantitative estimate of drug-likeness (QED) is 0.325. The number of benzene rings is 2. The van der Waals surface area contributed by atoms with Gasteiger partial charge in [0, 0.05) is 6.54 Å². The van der Waals surface area contributed by atoms with Gasteiger partial charge in [-0.2, -0.15) is 5.26 Å². The van der Waals surface area contributed by atoms with Crippen molar-refractivity contribution in [2.45, 2.75) is 20.0 Å². The van der Waals surface area contributed by atoms with Gasteiger partial charge in [-0.15, -0.1) is 0 Å². The summed E-state index contributed by atoms with van der Waals surface area (Å²) in [5.74, 6) is 3.11. The predicted molar refractivity (Wildman–Crippen MR) is 130 cm³/mol. The SMILES string of the molecule is COc1ccc(CN(Cc2ccco2)c2cc(C)c(C#N)c3nc4ccccc4n23)cc1OC. The molecule has 170 valence electrons.